The van der Waals surface area contributed by atoms with Crippen LogP contribution in [0.4, 0.5) is 11.4 Å². The number of nitrogens with zero attached hydrogens (tertiary/aromatic N) is 2. The molecule has 30 heavy (non-hydrogen) atoms. The van der Waals surface area contributed by atoms with Crippen molar-refractivity contribution >= 4 is 48.4 Å². The maximum Gasteiger partial charge on any atom is 0.335 e. The number of hydrogen-bond donors (Lipinski definition) is 1. The van der Waals surface area contributed by atoms with Crippen molar-refractivity contribution in [3.63, 3.8) is 0 Å². The molecule has 11 nitrogen and oxygen atoms in total. The lowest BCUT2D eigenvalue weighted by atomic mass is 10.1. The third kappa shape index (κ3) is 4.44. The molecule has 156 valence electrons. The van der Waals surface area contributed by atoms with Gasteiger partial charge in [-0.3, -0.25) is 0 Å². The third-order valence-corrected chi connectivity index (χ3v) is 5.60. The van der Waals surface area contributed by atoms with Crippen LogP contribution < -0.4 is 5.11 Å². The van der Waals surface area contributed by atoms with Crippen molar-refractivity contribution in [1.82, 2.24) is 0 Å². The smallest absolute Gasteiger partial charge is 0.335 e. The lowest BCUT2D eigenvalue weighted by molar-refractivity contribution is -0.268. The Kier molecular flexibility index (Phi) is 5.30. The molecule has 3 rings (SSSR count). The van der Waals surface area contributed by atoms with E-state index >= 15 is 0 Å². The summed E-state index contributed by atoms with van der Waals surface area (Å²) in [6.07, 6.45) is 0. The Morgan fingerprint density at radius 3 is 2.00 bits per heavy atom. The SMILES string of the molecule is O=C(O)c1cc(N=Nc2ccc3cc(S(=O)(=O)[O-])cc(S(=O)(=O)[O-])c3c2)ccc1[O-]. The van der Waals surface area contributed by atoms with E-state index in [1.165, 1.54) is 18.2 Å². The second-order valence-electron chi connectivity index (χ2n) is 5.92. The molecule has 13 heteroatoms. The number of carboxylic acids is 1. The average molecular weight is 449 g/mol. The van der Waals surface area contributed by atoms with E-state index in [9.17, 15) is 35.8 Å². The average Bonchev–Trinajstić information content (AvgIpc) is 2.64. The van der Waals surface area contributed by atoms with Crippen molar-refractivity contribution in [3.8, 4) is 5.75 Å². The molecule has 0 saturated heterocycles. The van der Waals surface area contributed by atoms with Gasteiger partial charge in [0.15, 0.2) is 0 Å². The number of benzene rings is 3. The van der Waals surface area contributed by atoms with Gasteiger partial charge >= 0.3 is 5.97 Å². The van der Waals surface area contributed by atoms with Gasteiger partial charge in [-0.15, -0.1) is 0 Å². The fourth-order valence-corrected chi connectivity index (χ4v) is 3.89. The monoisotopic (exact) mass is 449 g/mol. The summed E-state index contributed by atoms with van der Waals surface area (Å²) in [6, 6.07) is 8.26. The molecule has 0 unspecified atom stereocenters. The topological polar surface area (TPSA) is 199 Å². The normalized spacial score (nSPS) is 12.5. The van der Waals surface area contributed by atoms with Gasteiger partial charge in [0, 0.05) is 5.39 Å². The van der Waals surface area contributed by atoms with Crippen LogP contribution in [0.1, 0.15) is 10.4 Å². The predicted molar refractivity (Wildman–Crippen MR) is 96.9 cm³/mol. The van der Waals surface area contributed by atoms with Gasteiger partial charge in [-0.25, -0.2) is 21.6 Å². The van der Waals surface area contributed by atoms with E-state index < -0.39 is 47.3 Å². The fraction of sp³-hybridized carbons (Fsp3) is 0. The maximum absolute atomic E-state index is 11.6. The van der Waals surface area contributed by atoms with E-state index in [0.29, 0.717) is 6.07 Å². The lowest BCUT2D eigenvalue weighted by Crippen LogP contribution is -2.04. The highest BCUT2D eigenvalue weighted by atomic mass is 32.2. The molecule has 1 N–H and O–H groups in total. The number of rotatable bonds is 5. The first-order valence-electron chi connectivity index (χ1n) is 7.82. The van der Waals surface area contributed by atoms with Crippen molar-refractivity contribution in [2.75, 3.05) is 0 Å². The highest BCUT2D eigenvalue weighted by Gasteiger charge is 2.14. The zero-order valence-corrected chi connectivity index (χ0v) is 16.2. The first-order valence-corrected chi connectivity index (χ1v) is 10.6. The van der Waals surface area contributed by atoms with Crippen LogP contribution >= 0.6 is 0 Å². The Hall–Kier alpha value is -3.39. The molecule has 3 aromatic rings. The second-order valence-corrected chi connectivity index (χ2v) is 8.65. The lowest BCUT2D eigenvalue weighted by Gasteiger charge is -2.15. The van der Waals surface area contributed by atoms with Crippen LogP contribution in [0, 0.1) is 0 Å². The van der Waals surface area contributed by atoms with Gasteiger partial charge in [0.1, 0.15) is 20.2 Å². The molecule has 0 atom stereocenters. The molecule has 0 aliphatic heterocycles. The number of carboxylic acid groups (broad SMARTS) is 1. The number of fused-ring (bicyclic) bond motifs is 1. The summed E-state index contributed by atoms with van der Waals surface area (Å²) in [5, 5.41) is 27.8. The van der Waals surface area contributed by atoms with Gasteiger partial charge in [-0.1, -0.05) is 17.9 Å². The Bertz CT molecular complexity index is 1430. The molecular weight excluding hydrogens is 440 g/mol. The van der Waals surface area contributed by atoms with Gasteiger partial charge in [-0.05, 0) is 41.8 Å². The van der Waals surface area contributed by atoms with Crippen molar-refractivity contribution < 1.29 is 40.9 Å². The van der Waals surface area contributed by atoms with Crippen molar-refractivity contribution in [2.24, 2.45) is 10.2 Å². The predicted octanol–water partition coefficient (Wildman–Crippen LogP) is 1.84. The number of hydrogen-bond acceptors (Lipinski definition) is 10. The number of carbonyl (C=O) groups is 1. The largest absolute Gasteiger partial charge is 0.872 e. The van der Waals surface area contributed by atoms with Gasteiger partial charge in [0.25, 0.3) is 0 Å². The molecule has 0 aromatic heterocycles. The van der Waals surface area contributed by atoms with E-state index in [2.05, 4.69) is 10.2 Å². The van der Waals surface area contributed by atoms with Crippen molar-refractivity contribution in [1.29, 1.82) is 0 Å². The van der Waals surface area contributed by atoms with Crippen LogP contribution in [-0.2, 0) is 20.2 Å². The quantitative estimate of drug-likeness (QED) is 0.445. The summed E-state index contributed by atoms with van der Waals surface area (Å²) in [7, 11) is -10.2. The standard InChI is InChI=1S/C17H12N2O9S2/c20-15-4-3-11(7-14(15)17(21)22)19-18-10-2-1-9-5-12(29(23,24)25)8-16(13(9)6-10)30(26,27)28/h1-8,20H,(H,21,22)(H,23,24,25)(H,26,27,28)/p-3. The van der Waals surface area contributed by atoms with Gasteiger partial charge in [0.05, 0.1) is 26.7 Å². The molecular formula is C17H9N2O9S2-3. The first kappa shape index (κ1) is 21.3. The minimum Gasteiger partial charge on any atom is -0.872 e. The molecule has 0 amide bonds. The van der Waals surface area contributed by atoms with Gasteiger partial charge < -0.3 is 19.3 Å². The minimum atomic E-state index is -5.14. The highest BCUT2D eigenvalue weighted by molar-refractivity contribution is 7.86. The number of aromatic carboxylic acids is 1. The highest BCUT2D eigenvalue weighted by Crippen LogP contribution is 2.31. The van der Waals surface area contributed by atoms with E-state index in [4.69, 9.17) is 5.11 Å². The van der Waals surface area contributed by atoms with Gasteiger partial charge in [-0.2, -0.15) is 10.2 Å². The van der Waals surface area contributed by atoms with Crippen LogP contribution in [0.5, 0.6) is 5.75 Å². The minimum absolute atomic E-state index is 0.0100. The van der Waals surface area contributed by atoms with Crippen LogP contribution in [0.25, 0.3) is 10.8 Å². The summed E-state index contributed by atoms with van der Waals surface area (Å²) in [5.74, 6) is -2.17. The summed E-state index contributed by atoms with van der Waals surface area (Å²) in [6.45, 7) is 0. The Morgan fingerprint density at radius 2 is 1.43 bits per heavy atom. The molecule has 3 aromatic carbocycles. The summed E-state index contributed by atoms with van der Waals surface area (Å²) < 4.78 is 68.4. The zero-order valence-electron chi connectivity index (χ0n) is 14.5. The molecule has 0 heterocycles. The van der Waals surface area contributed by atoms with E-state index in [0.717, 1.165) is 24.3 Å². The van der Waals surface area contributed by atoms with Crippen LogP contribution in [-0.4, -0.2) is 37.0 Å². The molecule has 0 aliphatic rings. The van der Waals surface area contributed by atoms with Gasteiger partial charge in [0.2, 0.25) is 0 Å². The van der Waals surface area contributed by atoms with Crippen LogP contribution in [0.2, 0.25) is 0 Å². The van der Waals surface area contributed by atoms with E-state index in [1.807, 2.05) is 0 Å². The zero-order chi connectivity index (χ0) is 22.3. The Morgan fingerprint density at radius 1 is 0.833 bits per heavy atom. The molecule has 0 saturated carbocycles. The number of azo groups is 1. The Balaban J connectivity index is 2.12. The summed E-state index contributed by atoms with van der Waals surface area (Å²) in [5.41, 5.74) is -0.458. The van der Waals surface area contributed by atoms with E-state index in [1.54, 1.807) is 0 Å². The second kappa shape index (κ2) is 7.46. The first-order chi connectivity index (χ1) is 13.9. The maximum atomic E-state index is 11.6. The fourth-order valence-electron chi connectivity index (χ4n) is 2.56. The van der Waals surface area contributed by atoms with Crippen LogP contribution in [0.3, 0.4) is 0 Å². The molecule has 0 aliphatic carbocycles. The molecule has 0 bridgehead atoms. The molecule has 0 radical (unpaired) electrons. The molecule has 0 fully saturated rings. The third-order valence-electron chi connectivity index (χ3n) is 3.91. The summed E-state index contributed by atoms with van der Waals surface area (Å²) in [4.78, 5) is 9.20. The summed E-state index contributed by atoms with van der Waals surface area (Å²) >= 11 is 0. The van der Waals surface area contributed by atoms with E-state index in [-0.39, 0.29) is 22.1 Å². The van der Waals surface area contributed by atoms with Crippen LogP contribution in [0.15, 0.2) is 68.6 Å². The Labute approximate surface area is 169 Å². The molecule has 0 spiro atoms. The van der Waals surface area contributed by atoms with Crippen molar-refractivity contribution in [2.45, 2.75) is 9.79 Å². The van der Waals surface area contributed by atoms with Crippen molar-refractivity contribution in [3.05, 3.63) is 54.1 Å².